The number of anilines is 3. The van der Waals surface area contributed by atoms with Crippen molar-refractivity contribution in [1.29, 1.82) is 5.26 Å². The molecule has 9 heterocycles. The molecule has 68 heavy (non-hydrogen) atoms. The van der Waals surface area contributed by atoms with E-state index in [1.807, 2.05) is 53.7 Å². The van der Waals surface area contributed by atoms with E-state index < -0.39 is 6.04 Å². The van der Waals surface area contributed by atoms with Crippen molar-refractivity contribution in [2.45, 2.75) is 69.7 Å². The second kappa shape index (κ2) is 19.1. The molecule has 5 fully saturated rings. The molecule has 17 nitrogen and oxygen atoms in total. The Morgan fingerprint density at radius 2 is 1.65 bits per heavy atom. The number of morpholine rings is 1. The van der Waals surface area contributed by atoms with Crippen LogP contribution in [0.4, 0.5) is 21.6 Å². The van der Waals surface area contributed by atoms with Crippen LogP contribution < -0.4 is 20.4 Å². The third-order valence-electron chi connectivity index (χ3n) is 14.6. The number of pyridine rings is 2. The van der Waals surface area contributed by atoms with Crippen LogP contribution in [-0.2, 0) is 27.4 Å². The normalized spacial score (nSPS) is 23.7. The number of piperazine rings is 2. The number of hydrogen-bond acceptors (Lipinski definition) is 14. The molecule has 350 valence electrons. The van der Waals surface area contributed by atoms with E-state index in [1.54, 1.807) is 16.8 Å². The lowest BCUT2D eigenvalue weighted by Gasteiger charge is -2.50. The zero-order valence-corrected chi connectivity index (χ0v) is 38.0. The smallest absolute Gasteiger partial charge is 0.249 e. The van der Waals surface area contributed by atoms with Gasteiger partial charge in [0.15, 0.2) is 0 Å². The van der Waals surface area contributed by atoms with Crippen LogP contribution in [0.3, 0.4) is 0 Å². The summed E-state index contributed by atoms with van der Waals surface area (Å²) >= 11 is 0. The Kier molecular flexibility index (Phi) is 12.3. The van der Waals surface area contributed by atoms with Gasteiger partial charge in [-0.3, -0.25) is 34.4 Å². The SMILES string of the molecule is N#Cc1cnn2cc(-c3cnn(CC4CCC(CN5CCN(c6ccc(NC7CCC(=O)NC7=O)cc6F)CC5)CC4)c3)nc(-c3ccc(N4CC5COCC(C4)N5Cc4ccccn4)nc3)c12. The number of hydrogen-bond donors (Lipinski definition) is 2. The van der Waals surface area contributed by atoms with Crippen molar-refractivity contribution in [1.82, 2.24) is 49.5 Å². The lowest BCUT2D eigenvalue weighted by atomic mass is 9.81. The summed E-state index contributed by atoms with van der Waals surface area (Å²) in [7, 11) is 0. The third kappa shape index (κ3) is 9.25. The summed E-state index contributed by atoms with van der Waals surface area (Å²) in [6.45, 7) is 8.92. The summed E-state index contributed by atoms with van der Waals surface area (Å²) in [4.78, 5) is 47.8. The highest BCUT2D eigenvalue weighted by Gasteiger charge is 2.39. The fraction of sp³-hybridized carbons (Fsp3) is 0.440. The van der Waals surface area contributed by atoms with Gasteiger partial charge < -0.3 is 19.9 Å². The summed E-state index contributed by atoms with van der Waals surface area (Å²) < 4.78 is 25.1. The molecule has 2 N–H and O–H groups in total. The molecule has 3 unspecified atom stereocenters. The number of ether oxygens (including phenoxy) is 1. The molecule has 6 aromatic rings. The Balaban J connectivity index is 0.685. The quantitative estimate of drug-likeness (QED) is 0.157. The number of rotatable bonds is 12. The van der Waals surface area contributed by atoms with E-state index in [0.29, 0.717) is 59.6 Å². The van der Waals surface area contributed by atoms with Crippen molar-refractivity contribution >= 4 is 34.5 Å². The van der Waals surface area contributed by atoms with Gasteiger partial charge in [0.05, 0.1) is 66.7 Å². The first-order valence-electron chi connectivity index (χ1n) is 23.9. The molecule has 1 aromatic carbocycles. The van der Waals surface area contributed by atoms with Gasteiger partial charge in [-0.2, -0.15) is 15.5 Å². The number of aromatic nitrogens is 7. The fourth-order valence-electron chi connectivity index (χ4n) is 10.9. The number of halogens is 1. The zero-order valence-electron chi connectivity index (χ0n) is 38.0. The maximum atomic E-state index is 15.3. The van der Waals surface area contributed by atoms with Gasteiger partial charge in [-0.25, -0.2) is 18.9 Å². The first-order chi connectivity index (χ1) is 33.3. The predicted octanol–water partition coefficient (Wildman–Crippen LogP) is 5.00. The Bertz CT molecular complexity index is 2800. The maximum Gasteiger partial charge on any atom is 0.249 e. The molecule has 2 bridgehead atoms. The van der Waals surface area contributed by atoms with E-state index in [2.05, 4.69) is 64.7 Å². The van der Waals surface area contributed by atoms with E-state index in [-0.39, 0.29) is 36.1 Å². The molecule has 4 aliphatic heterocycles. The number of imide groups is 1. The average molecular weight is 919 g/mol. The highest BCUT2D eigenvalue weighted by Crippen LogP contribution is 2.34. The van der Waals surface area contributed by atoms with E-state index in [4.69, 9.17) is 19.8 Å². The summed E-state index contributed by atoms with van der Waals surface area (Å²) in [5.74, 6) is 1.10. The van der Waals surface area contributed by atoms with Gasteiger partial charge in [-0.05, 0) is 86.4 Å². The topological polar surface area (TPSA) is 178 Å². The van der Waals surface area contributed by atoms with Crippen molar-refractivity contribution in [3.8, 4) is 28.6 Å². The highest BCUT2D eigenvalue weighted by molar-refractivity contribution is 6.01. The minimum atomic E-state index is -0.550. The van der Waals surface area contributed by atoms with Crippen LogP contribution in [0.1, 0.15) is 49.8 Å². The number of nitrogens with zero attached hydrogens (tertiary/aromatic N) is 12. The van der Waals surface area contributed by atoms with Crippen molar-refractivity contribution in [2.75, 3.05) is 74.1 Å². The standard InChI is InChI=1S/C50H55FN14O3/c51-42-19-38(57-43-10-13-47(66)59-50(43)67)9-11-45(42)61-17-15-60(16-18-61)24-33-4-6-34(7-5-33)25-63-26-37(23-55-63)44-30-65-49(36(20-52)22-56-65)48(58-44)35-8-12-46(54-21-35)62-28-40-31-68-32-41(29-62)64(40)27-39-3-1-2-14-53-39/h1-3,8-9,11-12,14,19,21-23,26,30,33-34,40-41,43,57H,4-7,10,13,15-18,24-25,27-29,31-32H2,(H,59,66,67). The van der Waals surface area contributed by atoms with Crippen LogP contribution in [0.2, 0.25) is 0 Å². The second-order valence-electron chi connectivity index (χ2n) is 19.0. The van der Waals surface area contributed by atoms with Gasteiger partial charge in [0.2, 0.25) is 11.8 Å². The van der Waals surface area contributed by atoms with Gasteiger partial charge in [-0.15, -0.1) is 0 Å². The first-order valence-corrected chi connectivity index (χ1v) is 23.9. The Morgan fingerprint density at radius 3 is 2.37 bits per heavy atom. The second-order valence-corrected chi connectivity index (χ2v) is 19.0. The molecule has 4 saturated heterocycles. The van der Waals surface area contributed by atoms with Crippen LogP contribution in [0.15, 0.2) is 85.7 Å². The summed E-state index contributed by atoms with van der Waals surface area (Å²) in [6.07, 6.45) is 16.4. The van der Waals surface area contributed by atoms with Crippen molar-refractivity contribution < 1.29 is 18.7 Å². The Labute approximate surface area is 393 Å². The number of carbonyl (C=O) groups is 2. The molecule has 5 aliphatic rings. The van der Waals surface area contributed by atoms with Crippen molar-refractivity contribution in [3.63, 3.8) is 0 Å². The van der Waals surface area contributed by atoms with Crippen LogP contribution in [0, 0.1) is 29.0 Å². The van der Waals surface area contributed by atoms with Crippen LogP contribution in [0.5, 0.6) is 0 Å². The van der Waals surface area contributed by atoms with E-state index in [9.17, 15) is 14.9 Å². The summed E-state index contributed by atoms with van der Waals surface area (Å²) in [6, 6.07) is 17.4. The number of carbonyl (C=O) groups excluding carboxylic acids is 2. The maximum absolute atomic E-state index is 15.3. The minimum absolute atomic E-state index is 0.233. The highest BCUT2D eigenvalue weighted by atomic mass is 19.1. The van der Waals surface area contributed by atoms with Gasteiger partial charge >= 0.3 is 0 Å². The fourth-order valence-corrected chi connectivity index (χ4v) is 10.9. The number of fused-ring (bicyclic) bond motifs is 3. The minimum Gasteiger partial charge on any atom is -0.378 e. The first kappa shape index (κ1) is 43.7. The summed E-state index contributed by atoms with van der Waals surface area (Å²) in [5.41, 5.74) is 6.34. The molecule has 2 amide bonds. The Hall–Kier alpha value is -6.81. The average Bonchev–Trinajstić information content (AvgIpc) is 4.01. The number of piperidine rings is 1. The van der Waals surface area contributed by atoms with Crippen molar-refractivity contribution in [3.05, 3.63) is 103 Å². The number of nitriles is 1. The van der Waals surface area contributed by atoms with Gasteiger partial charge in [0.25, 0.3) is 0 Å². The molecule has 1 aliphatic carbocycles. The molecule has 11 rings (SSSR count). The monoisotopic (exact) mass is 918 g/mol. The molecule has 3 atom stereocenters. The Morgan fingerprint density at radius 1 is 0.838 bits per heavy atom. The number of benzene rings is 1. The van der Waals surface area contributed by atoms with Gasteiger partial charge in [-0.1, -0.05) is 6.07 Å². The van der Waals surface area contributed by atoms with E-state index >= 15 is 4.39 Å². The third-order valence-corrected chi connectivity index (χ3v) is 14.6. The zero-order chi connectivity index (χ0) is 46.1. The molecule has 0 spiro atoms. The van der Waals surface area contributed by atoms with Crippen LogP contribution in [-0.4, -0.2) is 133 Å². The molecule has 0 radical (unpaired) electrons. The molecule has 5 aromatic heterocycles. The molecular formula is C50H55FN14O3. The number of nitrogens with one attached hydrogen (secondary N) is 2. The van der Waals surface area contributed by atoms with E-state index in [1.165, 1.54) is 18.9 Å². The molecule has 18 heteroatoms. The lowest BCUT2D eigenvalue weighted by Crippen LogP contribution is -2.64. The van der Waals surface area contributed by atoms with Crippen LogP contribution >= 0.6 is 0 Å². The molecule has 1 saturated carbocycles. The van der Waals surface area contributed by atoms with Gasteiger partial charge in [0, 0.05) is 101 Å². The number of amides is 2. The largest absolute Gasteiger partial charge is 0.378 e. The van der Waals surface area contributed by atoms with Gasteiger partial charge in [0.1, 0.15) is 34.8 Å². The van der Waals surface area contributed by atoms with Crippen molar-refractivity contribution in [2.24, 2.45) is 11.8 Å². The lowest BCUT2D eigenvalue weighted by molar-refractivity contribution is -0.133. The van der Waals surface area contributed by atoms with Crippen LogP contribution in [0.25, 0.3) is 28.0 Å². The van der Waals surface area contributed by atoms with E-state index in [0.717, 1.165) is 100 Å². The summed E-state index contributed by atoms with van der Waals surface area (Å²) in [5, 5.41) is 24.8. The predicted molar refractivity (Wildman–Crippen MR) is 253 cm³/mol. The molecular weight excluding hydrogens is 864 g/mol.